The van der Waals surface area contributed by atoms with Gasteiger partial charge in [0, 0.05) is 19.3 Å². The molecule has 1 atom stereocenters. The average molecular weight is 940 g/mol. The number of hydrogen-bond acceptors (Lipinski definition) is 6. The maximum Gasteiger partial charge on any atom is 0.306 e. The standard InChI is InChI=1S/C61H110O6/c1-4-7-10-13-16-19-22-24-26-28-29-30-31-33-34-36-39-42-45-48-51-54-60(63)66-57-58(56-65-59(62)53-50-47-44-41-38-21-18-15-12-9-6-3)67-61(64)55-52-49-46-43-40-37-35-32-27-25-23-20-17-14-11-8-5-2/h8,11,17,20,25,27,35,37,58H,4-7,9-10,12-16,18-19,21-24,26,28-34,36,38-57H2,1-3H3/b11-8-,20-17-,27-25-,37-35-. The molecule has 390 valence electrons. The van der Waals surface area contributed by atoms with Gasteiger partial charge < -0.3 is 14.2 Å². The molecular weight excluding hydrogens is 829 g/mol. The number of hydrogen-bond donors (Lipinski definition) is 0. The number of ether oxygens (including phenoxy) is 3. The Labute approximate surface area is 416 Å². The molecule has 0 spiro atoms. The molecule has 0 radical (unpaired) electrons. The van der Waals surface area contributed by atoms with Gasteiger partial charge in [0.25, 0.3) is 0 Å². The maximum absolute atomic E-state index is 12.8. The summed E-state index contributed by atoms with van der Waals surface area (Å²) < 4.78 is 16.8. The van der Waals surface area contributed by atoms with Gasteiger partial charge in [0.05, 0.1) is 0 Å². The molecule has 0 rings (SSSR count). The van der Waals surface area contributed by atoms with E-state index in [4.69, 9.17) is 14.2 Å². The zero-order valence-corrected chi connectivity index (χ0v) is 44.7. The zero-order chi connectivity index (χ0) is 48.6. The van der Waals surface area contributed by atoms with Crippen molar-refractivity contribution in [2.45, 2.75) is 309 Å². The van der Waals surface area contributed by atoms with Crippen LogP contribution in [0.5, 0.6) is 0 Å². The fraction of sp³-hybridized carbons (Fsp3) is 0.820. The monoisotopic (exact) mass is 939 g/mol. The Kier molecular flexibility index (Phi) is 53.8. The Bertz CT molecular complexity index is 1170. The Morgan fingerprint density at radius 3 is 0.910 bits per heavy atom. The minimum Gasteiger partial charge on any atom is -0.462 e. The molecule has 0 aliphatic heterocycles. The van der Waals surface area contributed by atoms with Gasteiger partial charge in [0.2, 0.25) is 0 Å². The van der Waals surface area contributed by atoms with Gasteiger partial charge >= 0.3 is 17.9 Å². The Morgan fingerprint density at radius 2 is 0.582 bits per heavy atom. The highest BCUT2D eigenvalue weighted by atomic mass is 16.6. The lowest BCUT2D eigenvalue weighted by molar-refractivity contribution is -0.167. The summed E-state index contributed by atoms with van der Waals surface area (Å²) in [4.78, 5) is 38.1. The number of esters is 3. The van der Waals surface area contributed by atoms with E-state index >= 15 is 0 Å². The lowest BCUT2D eigenvalue weighted by Crippen LogP contribution is -2.30. The van der Waals surface area contributed by atoms with E-state index in [1.54, 1.807) is 0 Å². The van der Waals surface area contributed by atoms with E-state index in [2.05, 4.69) is 69.4 Å². The molecule has 67 heavy (non-hydrogen) atoms. The van der Waals surface area contributed by atoms with Crippen molar-refractivity contribution in [1.29, 1.82) is 0 Å². The molecule has 0 aliphatic carbocycles. The van der Waals surface area contributed by atoms with Gasteiger partial charge in [0.1, 0.15) is 13.2 Å². The van der Waals surface area contributed by atoms with Crippen LogP contribution in [0, 0.1) is 0 Å². The van der Waals surface area contributed by atoms with Crippen LogP contribution in [0.25, 0.3) is 0 Å². The fourth-order valence-electron chi connectivity index (χ4n) is 8.49. The molecule has 0 amide bonds. The highest BCUT2D eigenvalue weighted by Gasteiger charge is 2.19. The summed E-state index contributed by atoms with van der Waals surface area (Å²) in [5, 5.41) is 0. The minimum absolute atomic E-state index is 0.0789. The van der Waals surface area contributed by atoms with Gasteiger partial charge in [-0.1, -0.05) is 275 Å². The molecule has 0 aliphatic rings. The van der Waals surface area contributed by atoms with E-state index in [1.165, 1.54) is 167 Å². The van der Waals surface area contributed by atoms with Gasteiger partial charge in [-0.25, -0.2) is 0 Å². The molecule has 0 aromatic heterocycles. The first-order valence-corrected chi connectivity index (χ1v) is 29.1. The molecule has 0 fully saturated rings. The quantitative estimate of drug-likeness (QED) is 0.0262. The smallest absolute Gasteiger partial charge is 0.306 e. The second-order valence-corrected chi connectivity index (χ2v) is 19.5. The largest absolute Gasteiger partial charge is 0.462 e. The van der Waals surface area contributed by atoms with Crippen LogP contribution in [0.4, 0.5) is 0 Å². The number of carbonyl (C=O) groups is 3. The number of allylic oxidation sites excluding steroid dienone is 8. The fourth-order valence-corrected chi connectivity index (χ4v) is 8.49. The van der Waals surface area contributed by atoms with Crippen LogP contribution in [0.15, 0.2) is 48.6 Å². The summed E-state index contributed by atoms with van der Waals surface area (Å²) in [7, 11) is 0. The SMILES string of the molecule is CC/C=C\C/C=C\C/C=C\C/C=C\CCCCCCC(=O)OC(COC(=O)CCCCCCCCCCCCC)COC(=O)CCCCCCCCCCCCCCCCCCCCCCC. The Balaban J connectivity index is 4.30. The minimum atomic E-state index is -0.782. The third kappa shape index (κ3) is 54.2. The lowest BCUT2D eigenvalue weighted by Gasteiger charge is -2.18. The van der Waals surface area contributed by atoms with Gasteiger partial charge in [0.15, 0.2) is 6.10 Å². The summed E-state index contributed by atoms with van der Waals surface area (Å²) in [6, 6.07) is 0. The van der Waals surface area contributed by atoms with Crippen molar-refractivity contribution in [3.05, 3.63) is 48.6 Å². The van der Waals surface area contributed by atoms with Crippen LogP contribution < -0.4 is 0 Å². The third-order valence-corrected chi connectivity index (χ3v) is 12.8. The van der Waals surface area contributed by atoms with Crippen molar-refractivity contribution in [2.75, 3.05) is 13.2 Å². The van der Waals surface area contributed by atoms with E-state index < -0.39 is 6.10 Å². The number of rotatable bonds is 53. The first kappa shape index (κ1) is 64.4. The van der Waals surface area contributed by atoms with Crippen molar-refractivity contribution in [3.8, 4) is 0 Å². The maximum atomic E-state index is 12.8. The van der Waals surface area contributed by atoms with Crippen LogP contribution in [0.2, 0.25) is 0 Å². The molecular formula is C61H110O6. The summed E-state index contributed by atoms with van der Waals surface area (Å²) in [6.45, 7) is 6.54. The summed E-state index contributed by atoms with van der Waals surface area (Å²) in [6.07, 6.45) is 68.2. The topological polar surface area (TPSA) is 78.9 Å². The van der Waals surface area contributed by atoms with Crippen molar-refractivity contribution in [3.63, 3.8) is 0 Å². The van der Waals surface area contributed by atoms with E-state index in [9.17, 15) is 14.4 Å². The molecule has 1 unspecified atom stereocenters. The van der Waals surface area contributed by atoms with E-state index in [0.717, 1.165) is 96.3 Å². The Morgan fingerprint density at radius 1 is 0.313 bits per heavy atom. The van der Waals surface area contributed by atoms with E-state index in [-0.39, 0.29) is 31.1 Å². The van der Waals surface area contributed by atoms with E-state index in [1.807, 2.05) is 0 Å². The second-order valence-electron chi connectivity index (χ2n) is 19.5. The molecule has 0 N–H and O–H groups in total. The van der Waals surface area contributed by atoms with Crippen molar-refractivity contribution >= 4 is 17.9 Å². The predicted octanol–water partition coefficient (Wildman–Crippen LogP) is 19.4. The third-order valence-electron chi connectivity index (χ3n) is 12.8. The van der Waals surface area contributed by atoms with Crippen molar-refractivity contribution in [1.82, 2.24) is 0 Å². The van der Waals surface area contributed by atoms with E-state index in [0.29, 0.717) is 19.3 Å². The first-order valence-electron chi connectivity index (χ1n) is 29.1. The van der Waals surface area contributed by atoms with Crippen LogP contribution >= 0.6 is 0 Å². The molecule has 0 saturated heterocycles. The van der Waals surface area contributed by atoms with Crippen LogP contribution in [0.1, 0.15) is 303 Å². The summed E-state index contributed by atoms with van der Waals surface area (Å²) in [5.74, 6) is -0.888. The summed E-state index contributed by atoms with van der Waals surface area (Å²) in [5.41, 5.74) is 0. The van der Waals surface area contributed by atoms with Gasteiger partial charge in [-0.05, 0) is 57.8 Å². The predicted molar refractivity (Wildman–Crippen MR) is 289 cm³/mol. The molecule has 0 aromatic carbocycles. The van der Waals surface area contributed by atoms with Gasteiger partial charge in [-0.3, -0.25) is 14.4 Å². The molecule has 0 bridgehead atoms. The number of unbranched alkanes of at least 4 members (excludes halogenated alkanes) is 34. The zero-order valence-electron chi connectivity index (χ0n) is 44.7. The molecule has 6 heteroatoms. The molecule has 0 heterocycles. The van der Waals surface area contributed by atoms with Crippen LogP contribution in [-0.2, 0) is 28.6 Å². The van der Waals surface area contributed by atoms with Crippen molar-refractivity contribution in [2.24, 2.45) is 0 Å². The second kappa shape index (κ2) is 56.0. The van der Waals surface area contributed by atoms with Gasteiger partial charge in [-0.2, -0.15) is 0 Å². The highest BCUT2D eigenvalue weighted by molar-refractivity contribution is 5.71. The highest BCUT2D eigenvalue weighted by Crippen LogP contribution is 2.17. The number of carbonyl (C=O) groups excluding carboxylic acids is 3. The molecule has 0 saturated carbocycles. The van der Waals surface area contributed by atoms with Crippen molar-refractivity contribution < 1.29 is 28.6 Å². The Hall–Kier alpha value is -2.63. The normalized spacial score (nSPS) is 12.3. The molecule has 6 nitrogen and oxygen atoms in total. The lowest BCUT2D eigenvalue weighted by atomic mass is 10.0. The van der Waals surface area contributed by atoms with Gasteiger partial charge in [-0.15, -0.1) is 0 Å². The van der Waals surface area contributed by atoms with Crippen LogP contribution in [0.3, 0.4) is 0 Å². The first-order chi connectivity index (χ1) is 33.0. The summed E-state index contributed by atoms with van der Waals surface area (Å²) >= 11 is 0. The molecule has 0 aromatic rings. The van der Waals surface area contributed by atoms with Crippen LogP contribution in [-0.4, -0.2) is 37.2 Å². The average Bonchev–Trinajstić information content (AvgIpc) is 3.33.